The monoisotopic (exact) mass is 404 g/mol. The SMILES string of the molecule is CC(C)C1CCCN1Cc1cccc(-c2cnc3[nH]cc(C(=O)C(C)(C)C)c3n2)c1. The van der Waals surface area contributed by atoms with Gasteiger partial charge in [-0.1, -0.05) is 52.8 Å². The second-order valence-electron chi connectivity index (χ2n) is 9.86. The first-order valence-electron chi connectivity index (χ1n) is 11.0. The number of aromatic amines is 1. The van der Waals surface area contributed by atoms with Gasteiger partial charge in [-0.2, -0.15) is 0 Å². The Morgan fingerprint density at radius 2 is 2.10 bits per heavy atom. The number of fused-ring (bicyclic) bond motifs is 1. The van der Waals surface area contributed by atoms with Crippen LogP contribution in [0.25, 0.3) is 22.4 Å². The van der Waals surface area contributed by atoms with Crippen LogP contribution in [0.15, 0.2) is 36.7 Å². The van der Waals surface area contributed by atoms with Gasteiger partial charge >= 0.3 is 0 Å². The highest BCUT2D eigenvalue weighted by molar-refractivity contribution is 6.08. The van der Waals surface area contributed by atoms with Gasteiger partial charge in [0.15, 0.2) is 11.4 Å². The van der Waals surface area contributed by atoms with E-state index in [9.17, 15) is 4.79 Å². The predicted octanol–water partition coefficient (Wildman–Crippen LogP) is 5.47. The minimum atomic E-state index is -0.463. The van der Waals surface area contributed by atoms with Crippen molar-refractivity contribution in [1.29, 1.82) is 0 Å². The summed E-state index contributed by atoms with van der Waals surface area (Å²) in [6.07, 6.45) is 6.09. The number of hydrogen-bond donors (Lipinski definition) is 1. The zero-order valence-electron chi connectivity index (χ0n) is 18.7. The van der Waals surface area contributed by atoms with Crippen molar-refractivity contribution < 1.29 is 4.79 Å². The third-order valence-corrected chi connectivity index (χ3v) is 6.10. The highest BCUT2D eigenvalue weighted by atomic mass is 16.1. The third kappa shape index (κ3) is 4.04. The summed E-state index contributed by atoms with van der Waals surface area (Å²) in [6.45, 7) is 12.5. The van der Waals surface area contributed by atoms with Crippen molar-refractivity contribution in [2.45, 2.75) is 60.0 Å². The van der Waals surface area contributed by atoms with Crippen LogP contribution in [0.2, 0.25) is 0 Å². The summed E-state index contributed by atoms with van der Waals surface area (Å²) in [5.41, 5.74) is 4.58. The molecule has 1 saturated heterocycles. The molecular weight excluding hydrogens is 372 g/mol. The molecule has 158 valence electrons. The summed E-state index contributed by atoms with van der Waals surface area (Å²) in [5.74, 6) is 0.749. The average molecular weight is 405 g/mol. The van der Waals surface area contributed by atoms with E-state index in [2.05, 4.69) is 53.0 Å². The van der Waals surface area contributed by atoms with Crippen LogP contribution in [-0.2, 0) is 6.54 Å². The molecule has 30 heavy (non-hydrogen) atoms. The maximum absolute atomic E-state index is 12.8. The number of likely N-dealkylation sites (tertiary alicyclic amines) is 1. The van der Waals surface area contributed by atoms with Crippen LogP contribution in [0.5, 0.6) is 0 Å². The molecule has 5 heteroatoms. The Bertz CT molecular complexity index is 1060. The zero-order chi connectivity index (χ0) is 21.5. The molecule has 0 radical (unpaired) electrons. The van der Waals surface area contributed by atoms with E-state index in [1.807, 2.05) is 20.8 Å². The number of carbonyl (C=O) groups excluding carboxylic acids is 1. The smallest absolute Gasteiger partial charge is 0.171 e. The maximum Gasteiger partial charge on any atom is 0.171 e. The number of Topliss-reactive ketones (excluding diaryl/α,β-unsaturated/α-hetero) is 1. The van der Waals surface area contributed by atoms with Gasteiger partial charge in [0.1, 0.15) is 5.52 Å². The lowest BCUT2D eigenvalue weighted by Gasteiger charge is -2.27. The van der Waals surface area contributed by atoms with E-state index in [0.29, 0.717) is 28.7 Å². The van der Waals surface area contributed by atoms with Gasteiger partial charge < -0.3 is 4.98 Å². The minimum absolute atomic E-state index is 0.0720. The van der Waals surface area contributed by atoms with Crippen molar-refractivity contribution in [3.63, 3.8) is 0 Å². The van der Waals surface area contributed by atoms with Gasteiger partial charge in [0.05, 0.1) is 17.5 Å². The van der Waals surface area contributed by atoms with Crippen molar-refractivity contribution in [2.24, 2.45) is 11.3 Å². The van der Waals surface area contributed by atoms with Gasteiger partial charge in [-0.25, -0.2) is 9.97 Å². The van der Waals surface area contributed by atoms with E-state index < -0.39 is 5.41 Å². The molecular formula is C25H32N4O. The molecule has 5 nitrogen and oxygen atoms in total. The first-order valence-corrected chi connectivity index (χ1v) is 11.0. The Morgan fingerprint density at radius 3 is 2.83 bits per heavy atom. The van der Waals surface area contributed by atoms with Gasteiger partial charge in [0.2, 0.25) is 0 Å². The Labute approximate surface area is 178 Å². The van der Waals surface area contributed by atoms with Crippen LogP contribution >= 0.6 is 0 Å². The highest BCUT2D eigenvalue weighted by Gasteiger charge is 2.28. The number of carbonyl (C=O) groups is 1. The van der Waals surface area contributed by atoms with Crippen molar-refractivity contribution >= 4 is 16.9 Å². The second-order valence-corrected chi connectivity index (χ2v) is 9.86. The molecule has 2 aromatic heterocycles. The molecule has 1 N–H and O–H groups in total. The Balaban J connectivity index is 1.64. The van der Waals surface area contributed by atoms with Crippen molar-refractivity contribution in [3.05, 3.63) is 47.8 Å². The lowest BCUT2D eigenvalue weighted by atomic mass is 9.87. The number of rotatable bonds is 5. The van der Waals surface area contributed by atoms with Crippen LogP contribution in [0, 0.1) is 11.3 Å². The molecule has 0 saturated carbocycles. The first-order chi connectivity index (χ1) is 14.2. The normalized spacial score (nSPS) is 17.9. The first kappa shape index (κ1) is 20.7. The largest absolute Gasteiger partial charge is 0.344 e. The molecule has 4 rings (SSSR count). The molecule has 1 aromatic carbocycles. The predicted molar refractivity (Wildman–Crippen MR) is 121 cm³/mol. The van der Waals surface area contributed by atoms with Gasteiger partial charge in [-0.15, -0.1) is 0 Å². The van der Waals surface area contributed by atoms with Gasteiger partial charge in [-0.3, -0.25) is 9.69 Å². The Kier molecular flexibility index (Phi) is 5.49. The van der Waals surface area contributed by atoms with Crippen molar-refractivity contribution in [2.75, 3.05) is 6.54 Å². The number of nitrogens with one attached hydrogen (secondary N) is 1. The van der Waals surface area contributed by atoms with Gasteiger partial charge in [0.25, 0.3) is 0 Å². The second kappa shape index (κ2) is 7.95. The Hall–Kier alpha value is -2.53. The van der Waals surface area contributed by atoms with Crippen LogP contribution in [0.4, 0.5) is 0 Å². The number of H-pyrrole nitrogens is 1. The molecule has 0 bridgehead atoms. The summed E-state index contributed by atoms with van der Waals surface area (Å²) in [5, 5.41) is 0. The Morgan fingerprint density at radius 1 is 1.30 bits per heavy atom. The summed E-state index contributed by atoms with van der Waals surface area (Å²) >= 11 is 0. The fourth-order valence-corrected chi connectivity index (χ4v) is 4.47. The van der Waals surface area contributed by atoms with Crippen molar-refractivity contribution in [1.82, 2.24) is 19.9 Å². The number of aromatic nitrogens is 3. The van der Waals surface area contributed by atoms with E-state index >= 15 is 0 Å². The molecule has 0 aliphatic carbocycles. The van der Waals surface area contributed by atoms with Crippen LogP contribution in [0.1, 0.15) is 63.4 Å². The molecule has 1 atom stereocenters. The van der Waals surface area contributed by atoms with E-state index in [-0.39, 0.29) is 5.78 Å². The summed E-state index contributed by atoms with van der Waals surface area (Å²) < 4.78 is 0. The molecule has 3 aromatic rings. The van der Waals surface area contributed by atoms with Gasteiger partial charge in [0, 0.05) is 29.8 Å². The van der Waals surface area contributed by atoms with Gasteiger partial charge in [-0.05, 0) is 36.9 Å². The average Bonchev–Trinajstić information content (AvgIpc) is 3.33. The lowest BCUT2D eigenvalue weighted by molar-refractivity contribution is 0.0860. The maximum atomic E-state index is 12.8. The molecule has 0 spiro atoms. The quantitative estimate of drug-likeness (QED) is 0.573. The molecule has 1 unspecified atom stereocenters. The summed E-state index contributed by atoms with van der Waals surface area (Å²) in [7, 11) is 0. The van der Waals surface area contributed by atoms with Crippen LogP contribution in [-0.4, -0.2) is 38.2 Å². The molecule has 0 amide bonds. The zero-order valence-corrected chi connectivity index (χ0v) is 18.7. The number of nitrogens with zero attached hydrogens (tertiary/aromatic N) is 3. The lowest BCUT2D eigenvalue weighted by Crippen LogP contribution is -2.32. The highest BCUT2D eigenvalue weighted by Crippen LogP contribution is 2.29. The molecule has 1 fully saturated rings. The molecule has 3 heterocycles. The fourth-order valence-electron chi connectivity index (χ4n) is 4.47. The number of ketones is 1. The summed E-state index contributed by atoms with van der Waals surface area (Å²) in [4.78, 5) is 27.9. The fraction of sp³-hybridized carbons (Fsp3) is 0.480. The van der Waals surface area contributed by atoms with E-state index in [1.165, 1.54) is 24.9 Å². The standard InChI is InChI=1S/C25H32N4O/c1-16(2)21-10-7-11-29(21)15-17-8-6-9-18(12-17)20-14-27-24-22(28-20)19(13-26-24)23(30)25(3,4)5/h6,8-9,12-14,16,21H,7,10-11,15H2,1-5H3,(H,26,27). The molecule has 1 aliphatic heterocycles. The van der Waals surface area contributed by atoms with E-state index in [0.717, 1.165) is 17.8 Å². The summed E-state index contributed by atoms with van der Waals surface area (Å²) in [6, 6.07) is 9.23. The van der Waals surface area contributed by atoms with Crippen LogP contribution in [0.3, 0.4) is 0 Å². The third-order valence-electron chi connectivity index (χ3n) is 6.10. The van der Waals surface area contributed by atoms with E-state index in [1.54, 1.807) is 12.4 Å². The topological polar surface area (TPSA) is 61.9 Å². The number of hydrogen-bond acceptors (Lipinski definition) is 4. The van der Waals surface area contributed by atoms with Crippen molar-refractivity contribution in [3.8, 4) is 11.3 Å². The van der Waals surface area contributed by atoms with Crippen LogP contribution < -0.4 is 0 Å². The van der Waals surface area contributed by atoms with E-state index in [4.69, 9.17) is 4.98 Å². The molecule has 1 aliphatic rings. The minimum Gasteiger partial charge on any atom is -0.344 e. The number of benzene rings is 1.